The van der Waals surface area contributed by atoms with Gasteiger partial charge in [0.25, 0.3) is 0 Å². The molecule has 3 nitrogen and oxygen atoms in total. The van der Waals surface area contributed by atoms with Crippen LogP contribution in [0.1, 0.15) is 84.0 Å². The fourth-order valence-electron chi connectivity index (χ4n) is 2.13. The fourth-order valence-corrected chi connectivity index (χ4v) is 2.13. The molecule has 2 N–H and O–H groups in total. The van der Waals surface area contributed by atoms with E-state index in [-0.39, 0.29) is 6.42 Å². The van der Waals surface area contributed by atoms with Gasteiger partial charge < -0.3 is 10.2 Å². The first-order valence-electron chi connectivity index (χ1n) is 7.56. The first-order valence-corrected chi connectivity index (χ1v) is 7.56. The lowest BCUT2D eigenvalue weighted by molar-refractivity contribution is -0.137. The van der Waals surface area contributed by atoms with Crippen molar-refractivity contribution in [3.8, 4) is 0 Å². The zero-order chi connectivity index (χ0) is 13.6. The Bertz CT molecular complexity index is 192. The van der Waals surface area contributed by atoms with Crippen LogP contribution in [0.4, 0.5) is 0 Å². The molecule has 0 spiro atoms. The maximum Gasteiger partial charge on any atom is 0.303 e. The first kappa shape index (κ1) is 17.4. The second kappa shape index (κ2) is 12.9. The van der Waals surface area contributed by atoms with Crippen molar-refractivity contribution in [1.82, 2.24) is 0 Å². The lowest BCUT2D eigenvalue weighted by atomic mass is 10.0. The van der Waals surface area contributed by atoms with E-state index >= 15 is 0 Å². The predicted octanol–water partition coefficient (Wildman–Crippen LogP) is 4.13. The van der Waals surface area contributed by atoms with Crippen molar-refractivity contribution in [2.24, 2.45) is 0 Å². The molecule has 0 saturated carbocycles. The zero-order valence-corrected chi connectivity index (χ0v) is 11.9. The van der Waals surface area contributed by atoms with Crippen LogP contribution in [0, 0.1) is 0 Å². The summed E-state index contributed by atoms with van der Waals surface area (Å²) >= 11 is 0. The summed E-state index contributed by atoms with van der Waals surface area (Å²) in [6.07, 6.45) is 12.3. The van der Waals surface area contributed by atoms with Crippen molar-refractivity contribution in [3.63, 3.8) is 0 Å². The molecule has 1 unspecified atom stereocenters. The summed E-state index contributed by atoms with van der Waals surface area (Å²) in [7, 11) is 0. The molecule has 0 radical (unpaired) electrons. The highest BCUT2D eigenvalue weighted by Gasteiger charge is 2.06. The van der Waals surface area contributed by atoms with Crippen LogP contribution in [-0.4, -0.2) is 22.3 Å². The van der Waals surface area contributed by atoms with Crippen LogP contribution in [0.3, 0.4) is 0 Å². The Balaban J connectivity index is 3.12. The maximum absolute atomic E-state index is 10.3. The van der Waals surface area contributed by atoms with E-state index in [2.05, 4.69) is 6.92 Å². The van der Waals surface area contributed by atoms with Crippen molar-refractivity contribution >= 4 is 5.97 Å². The van der Waals surface area contributed by atoms with Gasteiger partial charge in [-0.1, -0.05) is 64.7 Å². The van der Waals surface area contributed by atoms with Crippen molar-refractivity contribution in [1.29, 1.82) is 0 Å². The molecule has 0 saturated heterocycles. The minimum absolute atomic E-state index is 0.0819. The Morgan fingerprint density at radius 3 is 1.89 bits per heavy atom. The van der Waals surface area contributed by atoms with Crippen molar-refractivity contribution < 1.29 is 15.0 Å². The number of aliphatic hydroxyl groups is 1. The summed E-state index contributed by atoms with van der Waals surface area (Å²) in [5.41, 5.74) is 0. The molecule has 0 amide bonds. The SMILES string of the molecule is CCCCCCCCCCCC(O)CCC(=O)O. The lowest BCUT2D eigenvalue weighted by Crippen LogP contribution is -2.09. The number of hydrogen-bond donors (Lipinski definition) is 2. The van der Waals surface area contributed by atoms with E-state index in [1.54, 1.807) is 0 Å². The van der Waals surface area contributed by atoms with Gasteiger partial charge in [0.05, 0.1) is 6.10 Å². The Kier molecular flexibility index (Phi) is 12.5. The molecule has 0 aliphatic heterocycles. The summed E-state index contributed by atoms with van der Waals surface area (Å²) in [6.45, 7) is 2.23. The van der Waals surface area contributed by atoms with Crippen molar-refractivity contribution in [3.05, 3.63) is 0 Å². The van der Waals surface area contributed by atoms with Crippen LogP contribution < -0.4 is 0 Å². The van der Waals surface area contributed by atoms with Crippen molar-refractivity contribution in [2.75, 3.05) is 0 Å². The first-order chi connectivity index (χ1) is 8.66. The summed E-state index contributed by atoms with van der Waals surface area (Å²) in [4.78, 5) is 10.3. The molecule has 18 heavy (non-hydrogen) atoms. The molecular formula is C15H30O3. The molecular weight excluding hydrogens is 228 g/mol. The third-order valence-electron chi connectivity index (χ3n) is 3.33. The number of aliphatic hydroxyl groups excluding tert-OH is 1. The number of unbranched alkanes of at least 4 members (excludes halogenated alkanes) is 8. The Morgan fingerprint density at radius 1 is 0.889 bits per heavy atom. The van der Waals surface area contributed by atoms with Gasteiger partial charge in [0.15, 0.2) is 0 Å². The predicted molar refractivity (Wildman–Crippen MR) is 74.7 cm³/mol. The van der Waals surface area contributed by atoms with Crippen LogP contribution in [0.5, 0.6) is 0 Å². The lowest BCUT2D eigenvalue weighted by Gasteiger charge is -2.08. The molecule has 0 bridgehead atoms. The van der Waals surface area contributed by atoms with Crippen molar-refractivity contribution in [2.45, 2.75) is 90.1 Å². The van der Waals surface area contributed by atoms with Gasteiger partial charge in [-0.2, -0.15) is 0 Å². The monoisotopic (exact) mass is 258 g/mol. The van der Waals surface area contributed by atoms with Gasteiger partial charge in [0.2, 0.25) is 0 Å². The molecule has 0 aromatic rings. The molecule has 0 aromatic heterocycles. The van der Waals surface area contributed by atoms with Gasteiger partial charge in [-0.25, -0.2) is 0 Å². The number of carboxylic acids is 1. The van der Waals surface area contributed by atoms with Gasteiger partial charge >= 0.3 is 5.97 Å². The van der Waals surface area contributed by atoms with E-state index in [9.17, 15) is 9.90 Å². The summed E-state index contributed by atoms with van der Waals surface area (Å²) in [5.74, 6) is -0.818. The van der Waals surface area contributed by atoms with Crippen LogP contribution in [0.2, 0.25) is 0 Å². The molecule has 1 atom stereocenters. The van der Waals surface area contributed by atoms with Gasteiger partial charge in [0.1, 0.15) is 0 Å². The van der Waals surface area contributed by atoms with E-state index in [1.807, 2.05) is 0 Å². The Hall–Kier alpha value is -0.570. The highest BCUT2D eigenvalue weighted by Crippen LogP contribution is 2.12. The van der Waals surface area contributed by atoms with Gasteiger partial charge in [0, 0.05) is 6.42 Å². The third-order valence-corrected chi connectivity index (χ3v) is 3.33. The van der Waals surface area contributed by atoms with Crippen LogP contribution >= 0.6 is 0 Å². The number of aliphatic carboxylic acids is 1. The molecule has 0 aliphatic rings. The number of carbonyl (C=O) groups is 1. The average molecular weight is 258 g/mol. The normalized spacial score (nSPS) is 12.6. The second-order valence-electron chi connectivity index (χ2n) is 5.20. The fraction of sp³-hybridized carbons (Fsp3) is 0.933. The van der Waals surface area contributed by atoms with Gasteiger partial charge in [-0.05, 0) is 12.8 Å². The highest BCUT2D eigenvalue weighted by atomic mass is 16.4. The van der Waals surface area contributed by atoms with Gasteiger partial charge in [-0.3, -0.25) is 4.79 Å². The van der Waals surface area contributed by atoms with Crippen LogP contribution in [-0.2, 0) is 4.79 Å². The third kappa shape index (κ3) is 13.5. The van der Waals surface area contributed by atoms with E-state index in [0.29, 0.717) is 6.42 Å². The molecule has 0 fully saturated rings. The standard InChI is InChI=1S/C15H30O3/c1-2-3-4-5-6-7-8-9-10-11-14(16)12-13-15(17)18/h14,16H,2-13H2,1H3,(H,17,18). The van der Waals surface area contributed by atoms with E-state index < -0.39 is 12.1 Å². The quantitative estimate of drug-likeness (QED) is 0.488. The number of rotatable bonds is 13. The summed E-state index contributed by atoms with van der Waals surface area (Å²) in [6, 6.07) is 0. The number of hydrogen-bond acceptors (Lipinski definition) is 2. The van der Waals surface area contributed by atoms with E-state index in [4.69, 9.17) is 5.11 Å². The molecule has 3 heteroatoms. The molecule has 108 valence electrons. The van der Waals surface area contributed by atoms with E-state index in [1.165, 1.54) is 44.9 Å². The number of carboxylic acid groups (broad SMARTS) is 1. The van der Waals surface area contributed by atoms with E-state index in [0.717, 1.165) is 19.3 Å². The molecule has 0 rings (SSSR count). The molecule has 0 heterocycles. The maximum atomic E-state index is 10.3. The van der Waals surface area contributed by atoms with Gasteiger partial charge in [-0.15, -0.1) is 0 Å². The summed E-state index contributed by atoms with van der Waals surface area (Å²) < 4.78 is 0. The summed E-state index contributed by atoms with van der Waals surface area (Å²) in [5, 5.41) is 18.0. The Morgan fingerprint density at radius 2 is 1.39 bits per heavy atom. The highest BCUT2D eigenvalue weighted by molar-refractivity contribution is 5.66. The average Bonchev–Trinajstić information content (AvgIpc) is 2.34. The van der Waals surface area contributed by atoms with Crippen LogP contribution in [0.25, 0.3) is 0 Å². The van der Waals surface area contributed by atoms with Crippen LogP contribution in [0.15, 0.2) is 0 Å². The minimum atomic E-state index is -0.818. The second-order valence-corrected chi connectivity index (χ2v) is 5.20. The largest absolute Gasteiger partial charge is 0.481 e. The minimum Gasteiger partial charge on any atom is -0.481 e. The molecule has 0 aliphatic carbocycles. The topological polar surface area (TPSA) is 57.5 Å². The smallest absolute Gasteiger partial charge is 0.303 e. The Labute approximate surface area is 112 Å². The molecule has 0 aromatic carbocycles. The zero-order valence-electron chi connectivity index (χ0n) is 11.9.